The number of carbonyl (C=O) groups is 1. The van der Waals surface area contributed by atoms with E-state index in [-0.39, 0.29) is 10.8 Å². The molecule has 9 heteroatoms. The SMILES string of the molecule is Cc1nc(-c2ccccc2NC(=O)/C=C/c2ccc(S(=O)(=O)N3CCCCCC3)cc2)no1. The Balaban J connectivity index is 1.43. The monoisotopic (exact) mass is 466 g/mol. The number of hydrogen-bond donors (Lipinski definition) is 1. The van der Waals surface area contributed by atoms with Gasteiger partial charge in [-0.15, -0.1) is 0 Å². The number of aromatic nitrogens is 2. The van der Waals surface area contributed by atoms with E-state index < -0.39 is 10.0 Å². The zero-order valence-corrected chi connectivity index (χ0v) is 19.2. The van der Waals surface area contributed by atoms with Crippen molar-refractivity contribution >= 4 is 27.7 Å². The van der Waals surface area contributed by atoms with Crippen LogP contribution in [0.15, 0.2) is 64.0 Å². The van der Waals surface area contributed by atoms with Crippen molar-refractivity contribution in [2.75, 3.05) is 18.4 Å². The minimum atomic E-state index is -3.49. The van der Waals surface area contributed by atoms with E-state index >= 15 is 0 Å². The molecule has 2 aromatic carbocycles. The van der Waals surface area contributed by atoms with Gasteiger partial charge in [0.05, 0.1) is 10.6 Å². The van der Waals surface area contributed by atoms with Gasteiger partial charge in [0.25, 0.3) is 0 Å². The third-order valence-electron chi connectivity index (χ3n) is 5.46. The minimum absolute atomic E-state index is 0.273. The van der Waals surface area contributed by atoms with Crippen molar-refractivity contribution in [1.82, 2.24) is 14.4 Å². The van der Waals surface area contributed by atoms with Crippen LogP contribution in [0.4, 0.5) is 5.69 Å². The summed E-state index contributed by atoms with van der Waals surface area (Å²) in [5.74, 6) is 0.504. The van der Waals surface area contributed by atoms with Gasteiger partial charge >= 0.3 is 0 Å². The van der Waals surface area contributed by atoms with Crippen LogP contribution in [0.2, 0.25) is 0 Å². The number of carbonyl (C=O) groups excluding carboxylic acids is 1. The topological polar surface area (TPSA) is 105 Å². The number of nitrogens with zero attached hydrogens (tertiary/aromatic N) is 3. The van der Waals surface area contributed by atoms with Gasteiger partial charge in [-0.3, -0.25) is 4.79 Å². The van der Waals surface area contributed by atoms with Crippen LogP contribution in [0.1, 0.15) is 37.1 Å². The minimum Gasteiger partial charge on any atom is -0.339 e. The summed E-state index contributed by atoms with van der Waals surface area (Å²) in [6, 6.07) is 13.8. The summed E-state index contributed by atoms with van der Waals surface area (Å²) >= 11 is 0. The van der Waals surface area contributed by atoms with Gasteiger partial charge in [0.15, 0.2) is 0 Å². The van der Waals surface area contributed by atoms with Gasteiger partial charge in [0.2, 0.25) is 27.6 Å². The molecule has 1 fully saturated rings. The molecule has 0 radical (unpaired) electrons. The highest BCUT2D eigenvalue weighted by atomic mass is 32.2. The second-order valence-electron chi connectivity index (χ2n) is 7.89. The first-order chi connectivity index (χ1) is 15.9. The number of hydrogen-bond acceptors (Lipinski definition) is 6. The van der Waals surface area contributed by atoms with Crippen molar-refractivity contribution in [1.29, 1.82) is 0 Å². The molecule has 33 heavy (non-hydrogen) atoms. The lowest BCUT2D eigenvalue weighted by Crippen LogP contribution is -2.31. The van der Waals surface area contributed by atoms with Crippen molar-refractivity contribution in [2.45, 2.75) is 37.5 Å². The fourth-order valence-electron chi connectivity index (χ4n) is 3.72. The average molecular weight is 467 g/mol. The second kappa shape index (κ2) is 10.1. The first kappa shape index (κ1) is 22.9. The lowest BCUT2D eigenvalue weighted by atomic mass is 10.1. The zero-order valence-electron chi connectivity index (χ0n) is 18.4. The Morgan fingerprint density at radius 1 is 1.03 bits per heavy atom. The lowest BCUT2D eigenvalue weighted by Gasteiger charge is -2.19. The summed E-state index contributed by atoms with van der Waals surface area (Å²) in [7, 11) is -3.49. The standard InChI is InChI=1S/C24H26N4O4S/c1-18-25-24(27-32-18)21-8-4-5-9-22(21)26-23(29)15-12-19-10-13-20(14-11-19)33(30,31)28-16-6-2-3-7-17-28/h4-5,8-15H,2-3,6-7,16-17H2,1H3,(H,26,29)/b15-12+. The van der Waals surface area contributed by atoms with E-state index in [0.29, 0.717) is 36.1 Å². The molecule has 1 aliphatic rings. The largest absolute Gasteiger partial charge is 0.339 e. The maximum atomic E-state index is 12.9. The third kappa shape index (κ3) is 5.55. The van der Waals surface area contributed by atoms with Gasteiger partial charge in [0.1, 0.15) is 0 Å². The molecule has 8 nitrogen and oxygen atoms in total. The number of nitrogens with one attached hydrogen (secondary N) is 1. The van der Waals surface area contributed by atoms with E-state index in [9.17, 15) is 13.2 Å². The molecule has 0 spiro atoms. The summed E-state index contributed by atoms with van der Waals surface area (Å²) < 4.78 is 32.4. The van der Waals surface area contributed by atoms with E-state index in [0.717, 1.165) is 31.2 Å². The third-order valence-corrected chi connectivity index (χ3v) is 7.38. The van der Waals surface area contributed by atoms with E-state index in [2.05, 4.69) is 15.5 Å². The molecule has 2 heterocycles. The van der Waals surface area contributed by atoms with Gasteiger partial charge in [-0.1, -0.05) is 42.3 Å². The fourth-order valence-corrected chi connectivity index (χ4v) is 5.24. The molecule has 0 aliphatic carbocycles. The number of anilines is 1. The van der Waals surface area contributed by atoms with Crippen LogP contribution in [0.3, 0.4) is 0 Å². The van der Waals surface area contributed by atoms with Crippen LogP contribution in [0.25, 0.3) is 17.5 Å². The first-order valence-electron chi connectivity index (χ1n) is 10.9. The molecule has 0 bridgehead atoms. The maximum absolute atomic E-state index is 12.9. The normalized spacial score (nSPS) is 15.4. The molecule has 1 aliphatic heterocycles. The zero-order chi connectivity index (χ0) is 23.3. The number of amides is 1. The summed E-state index contributed by atoms with van der Waals surface area (Å²) in [5, 5.41) is 6.73. The molecule has 172 valence electrons. The summed E-state index contributed by atoms with van der Waals surface area (Å²) in [6.07, 6.45) is 6.96. The van der Waals surface area contributed by atoms with Crippen molar-refractivity contribution in [3.05, 3.63) is 66.1 Å². The van der Waals surface area contributed by atoms with E-state index in [1.165, 1.54) is 6.08 Å². The number of benzene rings is 2. The van der Waals surface area contributed by atoms with Gasteiger partial charge in [-0.05, 0) is 48.7 Å². The van der Waals surface area contributed by atoms with Gasteiger partial charge in [0, 0.05) is 31.7 Å². The Bertz CT molecular complexity index is 1240. The molecule has 3 aromatic rings. The molecule has 1 amide bonds. The highest BCUT2D eigenvalue weighted by molar-refractivity contribution is 7.89. The molecule has 4 rings (SSSR count). The van der Waals surface area contributed by atoms with Crippen molar-refractivity contribution in [3.63, 3.8) is 0 Å². The highest BCUT2D eigenvalue weighted by Gasteiger charge is 2.24. The summed E-state index contributed by atoms with van der Waals surface area (Å²) in [6.45, 7) is 2.83. The Hall–Kier alpha value is -3.30. The summed E-state index contributed by atoms with van der Waals surface area (Å²) in [4.78, 5) is 17.0. The van der Waals surface area contributed by atoms with Crippen LogP contribution < -0.4 is 5.32 Å². The number of aryl methyl sites for hydroxylation is 1. The smallest absolute Gasteiger partial charge is 0.248 e. The van der Waals surface area contributed by atoms with Crippen molar-refractivity contribution < 1.29 is 17.7 Å². The van der Waals surface area contributed by atoms with Gasteiger partial charge in [-0.25, -0.2) is 8.42 Å². The number of para-hydroxylation sites is 1. The molecule has 0 saturated carbocycles. The molecular weight excluding hydrogens is 440 g/mol. The number of sulfonamides is 1. The van der Waals surface area contributed by atoms with E-state index in [4.69, 9.17) is 4.52 Å². The van der Waals surface area contributed by atoms with Gasteiger partial charge < -0.3 is 9.84 Å². The Morgan fingerprint density at radius 3 is 2.39 bits per heavy atom. The van der Waals surface area contributed by atoms with Crippen LogP contribution in [-0.2, 0) is 14.8 Å². The molecule has 1 saturated heterocycles. The van der Waals surface area contributed by atoms with Crippen molar-refractivity contribution in [2.24, 2.45) is 0 Å². The summed E-state index contributed by atoms with van der Waals surface area (Å²) in [5.41, 5.74) is 1.94. The highest BCUT2D eigenvalue weighted by Crippen LogP contribution is 2.25. The molecular formula is C24H26N4O4S. The maximum Gasteiger partial charge on any atom is 0.248 e. The van der Waals surface area contributed by atoms with Crippen LogP contribution in [-0.4, -0.2) is 41.9 Å². The molecule has 1 aromatic heterocycles. The van der Waals surface area contributed by atoms with Gasteiger partial charge in [-0.2, -0.15) is 9.29 Å². The molecule has 1 N–H and O–H groups in total. The fraction of sp³-hybridized carbons (Fsp3) is 0.292. The van der Waals surface area contributed by atoms with Crippen molar-refractivity contribution in [3.8, 4) is 11.4 Å². The predicted molar refractivity (Wildman–Crippen MR) is 126 cm³/mol. The van der Waals surface area contributed by atoms with E-state index in [1.54, 1.807) is 59.8 Å². The first-order valence-corrected chi connectivity index (χ1v) is 12.4. The number of rotatable bonds is 6. The predicted octanol–water partition coefficient (Wildman–Crippen LogP) is 4.26. The van der Waals surface area contributed by atoms with E-state index in [1.807, 2.05) is 6.07 Å². The lowest BCUT2D eigenvalue weighted by molar-refractivity contribution is -0.111. The Kier molecular flexibility index (Phi) is 7.00. The quantitative estimate of drug-likeness (QED) is 0.544. The second-order valence-corrected chi connectivity index (χ2v) is 9.83. The molecule has 0 unspecified atom stereocenters. The molecule has 0 atom stereocenters. The van der Waals surface area contributed by atoms with Crippen LogP contribution in [0.5, 0.6) is 0 Å². The Labute approximate surface area is 193 Å². The van der Waals surface area contributed by atoms with Crippen LogP contribution in [0, 0.1) is 6.92 Å². The Morgan fingerprint density at radius 2 is 1.73 bits per heavy atom. The average Bonchev–Trinajstić information content (AvgIpc) is 3.06. The van der Waals surface area contributed by atoms with Crippen LogP contribution >= 0.6 is 0 Å².